The van der Waals surface area contributed by atoms with E-state index in [1.807, 2.05) is 18.2 Å². The van der Waals surface area contributed by atoms with Crippen molar-refractivity contribution in [2.75, 3.05) is 32.0 Å². The summed E-state index contributed by atoms with van der Waals surface area (Å²) in [4.78, 5) is 25.0. The number of anilines is 1. The van der Waals surface area contributed by atoms with Gasteiger partial charge in [0.2, 0.25) is 5.91 Å². The monoisotopic (exact) mass is 233 g/mol. The second-order valence-electron chi connectivity index (χ2n) is 3.87. The van der Waals surface area contributed by atoms with Crippen LogP contribution in [0, 0.1) is 0 Å². The van der Waals surface area contributed by atoms with Gasteiger partial charge in [0.15, 0.2) is 0 Å². The van der Waals surface area contributed by atoms with E-state index < -0.39 is 0 Å². The van der Waals surface area contributed by atoms with Crippen LogP contribution in [0.1, 0.15) is 10.4 Å². The molecule has 5 heteroatoms. The van der Waals surface area contributed by atoms with Gasteiger partial charge >= 0.3 is 0 Å². The fourth-order valence-corrected chi connectivity index (χ4v) is 1.87. The van der Waals surface area contributed by atoms with Crippen molar-refractivity contribution in [1.29, 1.82) is 0 Å². The molecule has 0 aromatic heterocycles. The molecule has 0 aliphatic carbocycles. The SMILES string of the molecule is CNc1ccccc1C(=O)N1CCNC(=O)C1. The Morgan fingerprint density at radius 1 is 1.41 bits per heavy atom. The molecule has 0 radical (unpaired) electrons. The van der Waals surface area contributed by atoms with Crippen molar-refractivity contribution in [3.63, 3.8) is 0 Å². The molecule has 1 fully saturated rings. The Hall–Kier alpha value is -2.04. The number of nitrogens with zero attached hydrogens (tertiary/aromatic N) is 1. The molecule has 0 saturated carbocycles. The van der Waals surface area contributed by atoms with Gasteiger partial charge in [-0.15, -0.1) is 0 Å². The first-order valence-electron chi connectivity index (χ1n) is 5.55. The first-order valence-corrected chi connectivity index (χ1v) is 5.55. The van der Waals surface area contributed by atoms with Crippen molar-refractivity contribution in [3.8, 4) is 0 Å². The predicted molar refractivity (Wildman–Crippen MR) is 64.9 cm³/mol. The van der Waals surface area contributed by atoms with Crippen molar-refractivity contribution in [1.82, 2.24) is 10.2 Å². The van der Waals surface area contributed by atoms with Crippen LogP contribution in [-0.2, 0) is 4.79 Å². The van der Waals surface area contributed by atoms with Gasteiger partial charge < -0.3 is 15.5 Å². The highest BCUT2D eigenvalue weighted by Gasteiger charge is 2.23. The zero-order valence-electron chi connectivity index (χ0n) is 9.69. The lowest BCUT2D eigenvalue weighted by Gasteiger charge is -2.27. The Bertz CT molecular complexity index is 445. The minimum atomic E-state index is -0.107. The molecular formula is C12H15N3O2. The minimum Gasteiger partial charge on any atom is -0.387 e. The second-order valence-corrected chi connectivity index (χ2v) is 3.87. The summed E-state index contributed by atoms with van der Waals surface area (Å²) >= 11 is 0. The molecule has 90 valence electrons. The van der Waals surface area contributed by atoms with E-state index in [0.29, 0.717) is 18.7 Å². The molecule has 2 rings (SSSR count). The number of rotatable bonds is 2. The largest absolute Gasteiger partial charge is 0.387 e. The van der Waals surface area contributed by atoms with Gasteiger partial charge in [-0.2, -0.15) is 0 Å². The van der Waals surface area contributed by atoms with Crippen LogP contribution in [0.4, 0.5) is 5.69 Å². The van der Waals surface area contributed by atoms with Gasteiger partial charge in [0, 0.05) is 25.8 Å². The maximum absolute atomic E-state index is 12.2. The van der Waals surface area contributed by atoms with Crippen molar-refractivity contribution in [2.45, 2.75) is 0 Å². The molecule has 2 N–H and O–H groups in total. The van der Waals surface area contributed by atoms with E-state index in [0.717, 1.165) is 5.69 Å². The third-order valence-electron chi connectivity index (χ3n) is 2.75. The fourth-order valence-electron chi connectivity index (χ4n) is 1.87. The third kappa shape index (κ3) is 2.38. The van der Waals surface area contributed by atoms with Crippen LogP contribution >= 0.6 is 0 Å². The van der Waals surface area contributed by atoms with Gasteiger partial charge in [0.05, 0.1) is 12.1 Å². The molecule has 1 aromatic rings. The third-order valence-corrected chi connectivity index (χ3v) is 2.75. The van der Waals surface area contributed by atoms with Crippen LogP contribution in [0.15, 0.2) is 24.3 Å². The van der Waals surface area contributed by atoms with Crippen LogP contribution in [0.3, 0.4) is 0 Å². The molecule has 0 spiro atoms. The average molecular weight is 233 g/mol. The van der Waals surface area contributed by atoms with Crippen molar-refractivity contribution in [2.24, 2.45) is 0 Å². The number of hydrogen-bond acceptors (Lipinski definition) is 3. The molecule has 0 unspecified atom stereocenters. The maximum atomic E-state index is 12.2. The minimum absolute atomic E-state index is 0.105. The molecule has 2 amide bonds. The van der Waals surface area contributed by atoms with Crippen molar-refractivity contribution < 1.29 is 9.59 Å². The second kappa shape index (κ2) is 4.86. The molecular weight excluding hydrogens is 218 g/mol. The maximum Gasteiger partial charge on any atom is 0.256 e. The van der Waals surface area contributed by atoms with E-state index >= 15 is 0 Å². The molecule has 1 heterocycles. The van der Waals surface area contributed by atoms with Gasteiger partial charge in [-0.25, -0.2) is 0 Å². The number of amides is 2. The molecule has 1 aromatic carbocycles. The molecule has 1 saturated heterocycles. The van der Waals surface area contributed by atoms with Crippen LogP contribution < -0.4 is 10.6 Å². The smallest absolute Gasteiger partial charge is 0.256 e. The topological polar surface area (TPSA) is 61.4 Å². The molecule has 0 atom stereocenters. The zero-order chi connectivity index (χ0) is 12.3. The number of carbonyl (C=O) groups is 2. The normalized spacial score (nSPS) is 15.4. The fraction of sp³-hybridized carbons (Fsp3) is 0.333. The lowest BCUT2D eigenvalue weighted by Crippen LogP contribution is -2.50. The Kier molecular flexibility index (Phi) is 3.27. The molecule has 1 aliphatic rings. The molecule has 1 aliphatic heterocycles. The van der Waals surface area contributed by atoms with Gasteiger partial charge in [0.25, 0.3) is 5.91 Å². The highest BCUT2D eigenvalue weighted by atomic mass is 16.2. The summed E-state index contributed by atoms with van der Waals surface area (Å²) in [6, 6.07) is 7.29. The van der Waals surface area contributed by atoms with Crippen molar-refractivity contribution >= 4 is 17.5 Å². The van der Waals surface area contributed by atoms with Crippen molar-refractivity contribution in [3.05, 3.63) is 29.8 Å². The summed E-state index contributed by atoms with van der Waals surface area (Å²) < 4.78 is 0. The first kappa shape index (κ1) is 11.4. The number of carbonyl (C=O) groups excluding carboxylic acids is 2. The molecule has 5 nitrogen and oxygen atoms in total. The summed E-state index contributed by atoms with van der Waals surface area (Å²) in [6.45, 7) is 1.21. The molecule has 0 bridgehead atoms. The van der Waals surface area contributed by atoms with Gasteiger partial charge in [-0.1, -0.05) is 12.1 Å². The number of nitrogens with one attached hydrogen (secondary N) is 2. The summed E-state index contributed by atoms with van der Waals surface area (Å²) in [6.07, 6.45) is 0. The first-order chi connectivity index (χ1) is 8.22. The Balaban J connectivity index is 2.21. The van der Waals surface area contributed by atoms with E-state index in [-0.39, 0.29) is 18.4 Å². The Labute approximate surface area is 99.8 Å². The van der Waals surface area contributed by atoms with Gasteiger partial charge in [-0.3, -0.25) is 9.59 Å². The number of para-hydroxylation sites is 1. The average Bonchev–Trinajstić information content (AvgIpc) is 2.38. The highest BCUT2D eigenvalue weighted by Crippen LogP contribution is 2.16. The predicted octanol–water partition coefficient (Wildman–Crippen LogP) is 0.300. The van der Waals surface area contributed by atoms with E-state index in [4.69, 9.17) is 0 Å². The van der Waals surface area contributed by atoms with Crippen LogP contribution in [0.25, 0.3) is 0 Å². The lowest BCUT2D eigenvalue weighted by atomic mass is 10.1. The molecule has 17 heavy (non-hydrogen) atoms. The van der Waals surface area contributed by atoms with E-state index in [1.165, 1.54) is 0 Å². The number of piperazine rings is 1. The number of hydrogen-bond donors (Lipinski definition) is 2. The Morgan fingerprint density at radius 3 is 2.88 bits per heavy atom. The van der Waals surface area contributed by atoms with E-state index in [1.54, 1.807) is 18.0 Å². The Morgan fingerprint density at radius 2 is 2.18 bits per heavy atom. The summed E-state index contributed by atoms with van der Waals surface area (Å²) in [5.74, 6) is -0.212. The lowest BCUT2D eigenvalue weighted by molar-refractivity contribution is -0.123. The van der Waals surface area contributed by atoms with Crippen LogP contribution in [-0.4, -0.2) is 43.4 Å². The highest BCUT2D eigenvalue weighted by molar-refractivity contribution is 6.01. The summed E-state index contributed by atoms with van der Waals surface area (Å²) in [5, 5.41) is 5.68. The summed E-state index contributed by atoms with van der Waals surface area (Å²) in [5.41, 5.74) is 1.38. The van der Waals surface area contributed by atoms with Crippen LogP contribution in [0.2, 0.25) is 0 Å². The van der Waals surface area contributed by atoms with E-state index in [9.17, 15) is 9.59 Å². The quantitative estimate of drug-likeness (QED) is 0.772. The zero-order valence-corrected chi connectivity index (χ0v) is 9.69. The van der Waals surface area contributed by atoms with E-state index in [2.05, 4.69) is 10.6 Å². The number of benzene rings is 1. The summed E-state index contributed by atoms with van der Waals surface area (Å²) in [7, 11) is 1.77. The van der Waals surface area contributed by atoms with Crippen LogP contribution in [0.5, 0.6) is 0 Å². The van der Waals surface area contributed by atoms with Gasteiger partial charge in [0.1, 0.15) is 0 Å². The van der Waals surface area contributed by atoms with Gasteiger partial charge in [-0.05, 0) is 12.1 Å². The standard InChI is InChI=1S/C12H15N3O2/c1-13-10-5-3-2-4-9(10)12(17)15-7-6-14-11(16)8-15/h2-5,13H,6-8H2,1H3,(H,14,16).